The zero-order chi connectivity index (χ0) is 11.7. The van der Waals surface area contributed by atoms with E-state index in [2.05, 4.69) is 26.8 Å². The Labute approximate surface area is 103 Å². The molecule has 1 aliphatic carbocycles. The van der Waals surface area contributed by atoms with Crippen molar-refractivity contribution < 1.29 is 0 Å². The average molecular weight is 234 g/mol. The van der Waals surface area contributed by atoms with Crippen molar-refractivity contribution in [1.82, 2.24) is 19.8 Å². The summed E-state index contributed by atoms with van der Waals surface area (Å²) in [5.41, 5.74) is 1.33. The normalized spacial score (nSPS) is 24.7. The summed E-state index contributed by atoms with van der Waals surface area (Å²) in [6.45, 7) is 3.46. The number of nitrogens with one attached hydrogen (secondary N) is 1. The number of hydrogen-bond acceptors (Lipinski definition) is 3. The van der Waals surface area contributed by atoms with Crippen LogP contribution in [0, 0.1) is 0 Å². The van der Waals surface area contributed by atoms with Gasteiger partial charge in [-0.25, -0.2) is 4.98 Å². The Morgan fingerprint density at radius 1 is 1.47 bits per heavy atom. The zero-order valence-corrected chi connectivity index (χ0v) is 10.6. The molecule has 1 aromatic heterocycles. The van der Waals surface area contributed by atoms with Gasteiger partial charge in [-0.05, 0) is 32.2 Å². The third kappa shape index (κ3) is 2.69. The first-order chi connectivity index (χ1) is 8.33. The molecule has 0 spiro atoms. The molecule has 1 N–H and O–H groups in total. The second-order valence-electron chi connectivity index (χ2n) is 5.45. The lowest BCUT2D eigenvalue weighted by molar-refractivity contribution is 0.226. The lowest BCUT2D eigenvalue weighted by Crippen LogP contribution is -2.38. The van der Waals surface area contributed by atoms with Crippen molar-refractivity contribution in [2.24, 2.45) is 7.05 Å². The van der Waals surface area contributed by atoms with Gasteiger partial charge < -0.3 is 9.88 Å². The van der Waals surface area contributed by atoms with E-state index in [4.69, 9.17) is 0 Å². The molecule has 3 rings (SSSR count). The van der Waals surface area contributed by atoms with E-state index in [0.717, 1.165) is 12.6 Å². The number of aryl methyl sites for hydroxylation is 1. The highest BCUT2D eigenvalue weighted by molar-refractivity contribution is 5.00. The maximum absolute atomic E-state index is 4.21. The summed E-state index contributed by atoms with van der Waals surface area (Å²) < 4.78 is 2.14. The quantitative estimate of drug-likeness (QED) is 0.829. The fraction of sp³-hybridized carbons (Fsp3) is 0.769. The summed E-state index contributed by atoms with van der Waals surface area (Å²) in [6.07, 6.45) is 9.34. The fourth-order valence-electron chi connectivity index (χ4n) is 2.72. The Hall–Kier alpha value is -0.870. The van der Waals surface area contributed by atoms with Crippen molar-refractivity contribution in [3.63, 3.8) is 0 Å². The van der Waals surface area contributed by atoms with Crippen LogP contribution in [0.2, 0.25) is 0 Å². The van der Waals surface area contributed by atoms with Crippen molar-refractivity contribution in [1.29, 1.82) is 0 Å². The van der Waals surface area contributed by atoms with Gasteiger partial charge in [-0.2, -0.15) is 0 Å². The third-order valence-corrected chi connectivity index (χ3v) is 3.96. The van der Waals surface area contributed by atoms with Gasteiger partial charge in [0.25, 0.3) is 0 Å². The van der Waals surface area contributed by atoms with Crippen molar-refractivity contribution in [3.8, 4) is 0 Å². The van der Waals surface area contributed by atoms with Crippen LogP contribution in [0.25, 0.3) is 0 Å². The summed E-state index contributed by atoms with van der Waals surface area (Å²) >= 11 is 0. The van der Waals surface area contributed by atoms with E-state index in [0.29, 0.717) is 6.04 Å². The standard InChI is InChI=1S/C13H22N4/c1-16-10-14-7-13(16)9-17(12-4-5-12)8-11-3-2-6-15-11/h7,10-12,15H,2-6,8-9H2,1H3/t11-/m0/s1. The number of rotatable bonds is 5. The van der Waals surface area contributed by atoms with E-state index in [1.54, 1.807) is 0 Å². The van der Waals surface area contributed by atoms with Crippen molar-refractivity contribution in [3.05, 3.63) is 18.2 Å². The number of nitrogens with zero attached hydrogens (tertiary/aromatic N) is 3. The average Bonchev–Trinajstić information content (AvgIpc) is 2.91. The van der Waals surface area contributed by atoms with Gasteiger partial charge >= 0.3 is 0 Å². The van der Waals surface area contributed by atoms with Gasteiger partial charge in [0.15, 0.2) is 0 Å². The minimum Gasteiger partial charge on any atom is -0.337 e. The van der Waals surface area contributed by atoms with Crippen LogP contribution in [0.5, 0.6) is 0 Å². The lowest BCUT2D eigenvalue weighted by atomic mass is 10.2. The zero-order valence-electron chi connectivity index (χ0n) is 10.6. The molecule has 0 bridgehead atoms. The SMILES string of the molecule is Cn1cncc1CN(C[C@@H]1CCCN1)C1CC1. The van der Waals surface area contributed by atoms with E-state index < -0.39 is 0 Å². The van der Waals surface area contributed by atoms with Gasteiger partial charge in [0.1, 0.15) is 0 Å². The van der Waals surface area contributed by atoms with Crippen LogP contribution in [0.15, 0.2) is 12.5 Å². The van der Waals surface area contributed by atoms with E-state index in [-0.39, 0.29) is 0 Å². The van der Waals surface area contributed by atoms with E-state index in [9.17, 15) is 0 Å². The van der Waals surface area contributed by atoms with Crippen LogP contribution < -0.4 is 5.32 Å². The summed E-state index contributed by atoms with van der Waals surface area (Å²) in [5.74, 6) is 0. The van der Waals surface area contributed by atoms with Crippen LogP contribution in [-0.4, -0.2) is 39.6 Å². The lowest BCUT2D eigenvalue weighted by Gasteiger charge is -2.25. The predicted octanol–water partition coefficient (Wildman–Crippen LogP) is 1.14. The molecule has 2 aliphatic rings. The Balaban J connectivity index is 1.61. The first kappa shape index (κ1) is 11.2. The Kier molecular flexibility index (Phi) is 3.16. The van der Waals surface area contributed by atoms with Gasteiger partial charge in [-0.15, -0.1) is 0 Å². The van der Waals surface area contributed by atoms with Gasteiger partial charge in [0, 0.05) is 38.4 Å². The molecule has 4 nitrogen and oxygen atoms in total. The van der Waals surface area contributed by atoms with E-state index in [1.165, 1.54) is 44.5 Å². The van der Waals surface area contributed by atoms with Crippen molar-refractivity contribution >= 4 is 0 Å². The molecular weight excluding hydrogens is 212 g/mol. The molecule has 1 aliphatic heterocycles. The fourth-order valence-corrected chi connectivity index (χ4v) is 2.72. The van der Waals surface area contributed by atoms with Gasteiger partial charge in [0.05, 0.1) is 12.0 Å². The molecule has 0 radical (unpaired) electrons. The first-order valence-corrected chi connectivity index (χ1v) is 6.75. The largest absolute Gasteiger partial charge is 0.337 e. The highest BCUT2D eigenvalue weighted by Gasteiger charge is 2.31. The van der Waals surface area contributed by atoms with E-state index in [1.807, 2.05) is 12.5 Å². The van der Waals surface area contributed by atoms with Crippen LogP contribution >= 0.6 is 0 Å². The maximum atomic E-state index is 4.21. The highest BCUT2D eigenvalue weighted by Crippen LogP contribution is 2.29. The maximum Gasteiger partial charge on any atom is 0.0945 e. The molecule has 1 saturated heterocycles. The molecule has 2 fully saturated rings. The van der Waals surface area contributed by atoms with Crippen molar-refractivity contribution in [2.75, 3.05) is 13.1 Å². The molecule has 0 amide bonds. The molecule has 94 valence electrons. The minimum absolute atomic E-state index is 0.712. The third-order valence-electron chi connectivity index (χ3n) is 3.96. The molecule has 1 aromatic rings. The van der Waals surface area contributed by atoms with Crippen LogP contribution in [0.1, 0.15) is 31.4 Å². The molecular formula is C13H22N4. The van der Waals surface area contributed by atoms with Gasteiger partial charge in [-0.3, -0.25) is 4.90 Å². The number of imidazole rings is 1. The van der Waals surface area contributed by atoms with Crippen molar-refractivity contribution in [2.45, 2.75) is 44.3 Å². The molecule has 2 heterocycles. The second-order valence-corrected chi connectivity index (χ2v) is 5.45. The molecule has 0 unspecified atom stereocenters. The van der Waals surface area contributed by atoms with Crippen LogP contribution in [-0.2, 0) is 13.6 Å². The van der Waals surface area contributed by atoms with Crippen LogP contribution in [0.4, 0.5) is 0 Å². The minimum atomic E-state index is 0.712. The monoisotopic (exact) mass is 234 g/mol. The first-order valence-electron chi connectivity index (χ1n) is 6.75. The molecule has 0 aromatic carbocycles. The summed E-state index contributed by atoms with van der Waals surface area (Å²) in [5, 5.41) is 3.60. The molecule has 17 heavy (non-hydrogen) atoms. The smallest absolute Gasteiger partial charge is 0.0945 e. The van der Waals surface area contributed by atoms with Crippen LogP contribution in [0.3, 0.4) is 0 Å². The molecule has 1 atom stereocenters. The number of hydrogen-bond donors (Lipinski definition) is 1. The number of aromatic nitrogens is 2. The predicted molar refractivity (Wildman–Crippen MR) is 67.7 cm³/mol. The second kappa shape index (κ2) is 4.78. The van der Waals surface area contributed by atoms with Gasteiger partial charge in [0.2, 0.25) is 0 Å². The summed E-state index contributed by atoms with van der Waals surface area (Å²) in [6, 6.07) is 1.54. The summed E-state index contributed by atoms with van der Waals surface area (Å²) in [7, 11) is 2.08. The molecule has 4 heteroatoms. The Bertz CT molecular complexity index is 363. The highest BCUT2D eigenvalue weighted by atomic mass is 15.2. The topological polar surface area (TPSA) is 33.1 Å². The Morgan fingerprint density at radius 2 is 2.35 bits per heavy atom. The van der Waals surface area contributed by atoms with Gasteiger partial charge in [-0.1, -0.05) is 0 Å². The Morgan fingerprint density at radius 3 is 2.94 bits per heavy atom. The molecule has 1 saturated carbocycles. The summed E-state index contributed by atoms with van der Waals surface area (Å²) in [4.78, 5) is 6.85. The van der Waals surface area contributed by atoms with E-state index >= 15 is 0 Å².